The van der Waals surface area contributed by atoms with Crippen molar-refractivity contribution in [2.24, 2.45) is 11.8 Å². The van der Waals surface area contributed by atoms with Gasteiger partial charge in [-0.15, -0.1) is 0 Å². The number of hydrogen-bond acceptors (Lipinski definition) is 2. The van der Waals surface area contributed by atoms with Crippen molar-refractivity contribution in [3.63, 3.8) is 0 Å². The molecule has 1 atom stereocenters. The van der Waals surface area contributed by atoms with E-state index in [-0.39, 0.29) is 5.92 Å². The molecule has 1 aromatic carbocycles. The van der Waals surface area contributed by atoms with Crippen LogP contribution in [0.4, 0.5) is 5.69 Å². The second kappa shape index (κ2) is 6.42. The number of rotatable bonds is 3. The van der Waals surface area contributed by atoms with E-state index in [0.717, 1.165) is 4.47 Å². The van der Waals surface area contributed by atoms with Crippen LogP contribution >= 0.6 is 39.1 Å². The van der Waals surface area contributed by atoms with E-state index in [1.807, 2.05) is 6.07 Å². The van der Waals surface area contributed by atoms with Gasteiger partial charge in [0.15, 0.2) is 0 Å². The molecule has 0 bridgehead atoms. The van der Waals surface area contributed by atoms with Crippen LogP contribution in [0.3, 0.4) is 0 Å². The summed E-state index contributed by atoms with van der Waals surface area (Å²) < 4.78 is 0.719. The number of carbonyl (C=O) groups excluding carboxylic acids is 1. The minimum Gasteiger partial charge on any atom is -0.322 e. The highest BCUT2D eigenvalue weighted by atomic mass is 79.9. The lowest BCUT2D eigenvalue weighted by atomic mass is 9.96. The fraction of sp³-hybridized carbons (Fsp3) is 0.333. The average Bonchev–Trinajstić information content (AvgIpc) is 2.23. The monoisotopic (exact) mass is 348 g/mol. The molecule has 0 aliphatic heterocycles. The van der Waals surface area contributed by atoms with Crippen molar-refractivity contribution in [3.8, 4) is 6.07 Å². The molecule has 0 radical (unpaired) electrons. The van der Waals surface area contributed by atoms with Crippen molar-refractivity contribution in [1.29, 1.82) is 5.26 Å². The van der Waals surface area contributed by atoms with Gasteiger partial charge in [-0.25, -0.2) is 0 Å². The predicted octanol–water partition coefficient (Wildman–Crippen LogP) is 4.49. The van der Waals surface area contributed by atoms with Gasteiger partial charge in [0.1, 0.15) is 5.92 Å². The zero-order valence-corrected chi connectivity index (χ0v) is 12.9. The van der Waals surface area contributed by atoms with Crippen LogP contribution in [0.25, 0.3) is 0 Å². The molecule has 18 heavy (non-hydrogen) atoms. The molecule has 0 heterocycles. The summed E-state index contributed by atoms with van der Waals surface area (Å²) in [6.07, 6.45) is 0. The van der Waals surface area contributed by atoms with Gasteiger partial charge in [0, 0.05) is 4.47 Å². The highest BCUT2D eigenvalue weighted by Gasteiger charge is 2.23. The third-order valence-electron chi connectivity index (χ3n) is 2.34. The van der Waals surface area contributed by atoms with Crippen molar-refractivity contribution in [1.82, 2.24) is 0 Å². The lowest BCUT2D eigenvalue weighted by Crippen LogP contribution is -2.25. The molecule has 0 aliphatic carbocycles. The van der Waals surface area contributed by atoms with E-state index in [4.69, 9.17) is 28.5 Å². The van der Waals surface area contributed by atoms with E-state index in [9.17, 15) is 4.79 Å². The second-order valence-electron chi connectivity index (χ2n) is 4.08. The number of carbonyl (C=O) groups is 1. The number of halogens is 3. The zero-order chi connectivity index (χ0) is 13.9. The Hall–Kier alpha value is -0.760. The zero-order valence-electron chi connectivity index (χ0n) is 9.80. The third kappa shape index (κ3) is 3.61. The minimum atomic E-state index is -0.735. The SMILES string of the molecule is CC(C)C(C#N)C(=O)Nc1c(Cl)cc(Br)cc1Cl. The van der Waals surface area contributed by atoms with Gasteiger partial charge in [-0.1, -0.05) is 53.0 Å². The number of amides is 1. The first-order valence-electron chi connectivity index (χ1n) is 5.21. The third-order valence-corrected chi connectivity index (χ3v) is 3.40. The summed E-state index contributed by atoms with van der Waals surface area (Å²) in [6.45, 7) is 3.61. The molecule has 0 saturated carbocycles. The van der Waals surface area contributed by atoms with Gasteiger partial charge in [-0.05, 0) is 18.1 Å². The number of nitriles is 1. The molecule has 0 aromatic heterocycles. The molecule has 1 N–H and O–H groups in total. The Bertz CT molecular complexity index is 488. The van der Waals surface area contributed by atoms with E-state index < -0.39 is 11.8 Å². The summed E-state index contributed by atoms with van der Waals surface area (Å²) in [5, 5.41) is 12.2. The smallest absolute Gasteiger partial charge is 0.242 e. The highest BCUT2D eigenvalue weighted by Crippen LogP contribution is 2.34. The lowest BCUT2D eigenvalue weighted by Gasteiger charge is -2.15. The van der Waals surface area contributed by atoms with Gasteiger partial charge in [0.05, 0.1) is 21.8 Å². The standard InChI is InChI=1S/C12H11BrCl2N2O/c1-6(2)8(5-16)12(18)17-11-9(14)3-7(13)4-10(11)15/h3-4,6,8H,1-2H3,(H,17,18). The molecule has 6 heteroatoms. The minimum absolute atomic E-state index is 0.0806. The maximum Gasteiger partial charge on any atom is 0.242 e. The molecule has 0 aliphatic rings. The maximum atomic E-state index is 11.9. The Balaban J connectivity index is 2.99. The predicted molar refractivity (Wildman–Crippen MR) is 76.7 cm³/mol. The van der Waals surface area contributed by atoms with E-state index >= 15 is 0 Å². The van der Waals surface area contributed by atoms with Crippen LogP contribution in [-0.4, -0.2) is 5.91 Å². The van der Waals surface area contributed by atoms with E-state index in [2.05, 4.69) is 21.2 Å². The molecule has 1 amide bonds. The topological polar surface area (TPSA) is 52.9 Å². The number of benzene rings is 1. The fourth-order valence-corrected chi connectivity index (χ4v) is 2.68. The maximum absolute atomic E-state index is 11.9. The molecule has 1 rings (SSSR count). The van der Waals surface area contributed by atoms with Crippen molar-refractivity contribution in [2.75, 3.05) is 5.32 Å². The van der Waals surface area contributed by atoms with Crippen molar-refractivity contribution in [3.05, 3.63) is 26.7 Å². The van der Waals surface area contributed by atoms with E-state index in [0.29, 0.717) is 15.7 Å². The van der Waals surface area contributed by atoms with Crippen LogP contribution in [0.15, 0.2) is 16.6 Å². The fourth-order valence-electron chi connectivity index (χ4n) is 1.37. The number of anilines is 1. The largest absolute Gasteiger partial charge is 0.322 e. The molecule has 0 fully saturated rings. The average molecular weight is 350 g/mol. The molecule has 0 saturated heterocycles. The van der Waals surface area contributed by atoms with Crippen LogP contribution < -0.4 is 5.32 Å². The molecule has 96 valence electrons. The summed E-state index contributed by atoms with van der Waals surface area (Å²) in [6, 6.07) is 5.21. The van der Waals surface area contributed by atoms with Crippen LogP contribution in [0.2, 0.25) is 10.0 Å². The summed E-state index contributed by atoms with van der Waals surface area (Å²) in [4.78, 5) is 11.9. The van der Waals surface area contributed by atoms with Gasteiger partial charge in [-0.3, -0.25) is 4.79 Å². The molecule has 0 spiro atoms. The second-order valence-corrected chi connectivity index (χ2v) is 5.81. The molecular formula is C12H11BrCl2N2O. The summed E-state index contributed by atoms with van der Waals surface area (Å²) >= 11 is 15.2. The van der Waals surface area contributed by atoms with Crippen LogP contribution in [0, 0.1) is 23.2 Å². The van der Waals surface area contributed by atoms with Gasteiger partial charge >= 0.3 is 0 Å². The van der Waals surface area contributed by atoms with Crippen molar-refractivity contribution < 1.29 is 4.79 Å². The first kappa shape index (κ1) is 15.3. The Morgan fingerprint density at radius 2 is 1.89 bits per heavy atom. The number of nitrogens with zero attached hydrogens (tertiary/aromatic N) is 1. The number of hydrogen-bond donors (Lipinski definition) is 1. The highest BCUT2D eigenvalue weighted by molar-refractivity contribution is 9.10. The normalized spacial score (nSPS) is 12.1. The Morgan fingerprint density at radius 1 is 1.39 bits per heavy atom. The van der Waals surface area contributed by atoms with Gasteiger partial charge < -0.3 is 5.32 Å². The van der Waals surface area contributed by atoms with Crippen LogP contribution in [-0.2, 0) is 4.79 Å². The summed E-state index contributed by atoms with van der Waals surface area (Å²) in [7, 11) is 0. The van der Waals surface area contributed by atoms with Crippen LogP contribution in [0.5, 0.6) is 0 Å². The Morgan fingerprint density at radius 3 is 2.28 bits per heavy atom. The van der Waals surface area contributed by atoms with Gasteiger partial charge in [0.2, 0.25) is 5.91 Å². The first-order valence-corrected chi connectivity index (χ1v) is 6.76. The molecular weight excluding hydrogens is 339 g/mol. The number of nitrogens with one attached hydrogen (secondary N) is 1. The Labute approximate surface area is 124 Å². The van der Waals surface area contributed by atoms with Crippen LogP contribution in [0.1, 0.15) is 13.8 Å². The lowest BCUT2D eigenvalue weighted by molar-refractivity contribution is -0.119. The molecule has 1 aromatic rings. The Kier molecular flexibility index (Phi) is 5.46. The van der Waals surface area contributed by atoms with Crippen molar-refractivity contribution >= 4 is 50.7 Å². The van der Waals surface area contributed by atoms with E-state index in [1.54, 1.807) is 26.0 Å². The summed E-state index contributed by atoms with van der Waals surface area (Å²) in [5.41, 5.74) is 0.326. The van der Waals surface area contributed by atoms with E-state index in [1.165, 1.54) is 0 Å². The summed E-state index contributed by atoms with van der Waals surface area (Å²) in [5.74, 6) is -1.22. The van der Waals surface area contributed by atoms with Gasteiger partial charge in [-0.2, -0.15) is 5.26 Å². The van der Waals surface area contributed by atoms with Gasteiger partial charge in [0.25, 0.3) is 0 Å². The quantitative estimate of drug-likeness (QED) is 0.873. The van der Waals surface area contributed by atoms with Crippen molar-refractivity contribution in [2.45, 2.75) is 13.8 Å². The molecule has 1 unspecified atom stereocenters. The molecule has 3 nitrogen and oxygen atoms in total. The first-order chi connectivity index (χ1) is 8.36.